The Morgan fingerprint density at radius 2 is 1.95 bits per heavy atom. The van der Waals surface area contributed by atoms with Crippen LogP contribution in [0.4, 0.5) is 5.69 Å². The van der Waals surface area contributed by atoms with E-state index in [1.807, 2.05) is 7.05 Å². The van der Waals surface area contributed by atoms with Gasteiger partial charge in [-0.3, -0.25) is 9.69 Å². The lowest BCUT2D eigenvalue weighted by Gasteiger charge is -2.16. The molecule has 1 aliphatic heterocycles. The molecule has 0 aromatic heterocycles. The first-order valence-corrected chi connectivity index (χ1v) is 7.47. The number of anilines is 1. The SMILES string of the molecule is CNC1CCN(CC(=O)Nc2cc(Cl)c(Cl)cc2Cl)C1.Cl. The van der Waals surface area contributed by atoms with E-state index in [1.165, 1.54) is 6.07 Å². The number of halogens is 4. The van der Waals surface area contributed by atoms with Crippen LogP contribution in [-0.4, -0.2) is 43.5 Å². The van der Waals surface area contributed by atoms with Gasteiger partial charge in [0.1, 0.15) is 0 Å². The highest BCUT2D eigenvalue weighted by atomic mass is 35.5. The minimum absolute atomic E-state index is 0. The van der Waals surface area contributed by atoms with E-state index in [0.717, 1.165) is 19.5 Å². The van der Waals surface area contributed by atoms with Crippen LogP contribution in [0.3, 0.4) is 0 Å². The molecule has 1 aromatic rings. The van der Waals surface area contributed by atoms with Gasteiger partial charge in [-0.1, -0.05) is 34.8 Å². The van der Waals surface area contributed by atoms with Gasteiger partial charge < -0.3 is 10.6 Å². The van der Waals surface area contributed by atoms with Crippen molar-refractivity contribution in [2.75, 3.05) is 32.0 Å². The topological polar surface area (TPSA) is 44.4 Å². The summed E-state index contributed by atoms with van der Waals surface area (Å²) in [6.45, 7) is 2.13. The van der Waals surface area contributed by atoms with Gasteiger partial charge in [0.25, 0.3) is 0 Å². The molecule has 1 saturated heterocycles. The number of benzene rings is 1. The molecule has 0 radical (unpaired) electrons. The number of amides is 1. The minimum Gasteiger partial charge on any atom is -0.324 e. The number of hydrogen-bond donors (Lipinski definition) is 2. The number of likely N-dealkylation sites (tertiary alicyclic amines) is 1. The number of carbonyl (C=O) groups is 1. The van der Waals surface area contributed by atoms with Crippen molar-refractivity contribution in [3.8, 4) is 0 Å². The van der Waals surface area contributed by atoms with Gasteiger partial charge in [-0.05, 0) is 25.6 Å². The summed E-state index contributed by atoms with van der Waals surface area (Å²) in [5.41, 5.74) is 0.482. The Morgan fingerprint density at radius 1 is 1.29 bits per heavy atom. The van der Waals surface area contributed by atoms with Gasteiger partial charge in [-0.2, -0.15) is 0 Å². The average molecular weight is 373 g/mol. The van der Waals surface area contributed by atoms with Crippen molar-refractivity contribution in [1.82, 2.24) is 10.2 Å². The molecule has 1 aliphatic rings. The molecule has 8 heteroatoms. The smallest absolute Gasteiger partial charge is 0.238 e. The Balaban J connectivity index is 0.00000220. The van der Waals surface area contributed by atoms with Crippen LogP contribution in [0.15, 0.2) is 12.1 Å². The summed E-state index contributed by atoms with van der Waals surface area (Å²) in [6, 6.07) is 3.54. The van der Waals surface area contributed by atoms with Crippen LogP contribution in [0.1, 0.15) is 6.42 Å². The first-order valence-electron chi connectivity index (χ1n) is 6.33. The van der Waals surface area contributed by atoms with E-state index in [0.29, 0.717) is 33.3 Å². The molecule has 0 aliphatic carbocycles. The molecule has 1 fully saturated rings. The Morgan fingerprint density at radius 3 is 2.57 bits per heavy atom. The van der Waals surface area contributed by atoms with Crippen LogP contribution < -0.4 is 10.6 Å². The van der Waals surface area contributed by atoms with E-state index in [4.69, 9.17) is 34.8 Å². The monoisotopic (exact) mass is 371 g/mol. The van der Waals surface area contributed by atoms with Gasteiger partial charge in [0, 0.05) is 19.1 Å². The van der Waals surface area contributed by atoms with Crippen molar-refractivity contribution in [2.45, 2.75) is 12.5 Å². The second kappa shape index (κ2) is 8.42. The second-order valence-electron chi connectivity index (χ2n) is 4.80. The fraction of sp³-hybridized carbons (Fsp3) is 0.462. The third-order valence-corrected chi connectivity index (χ3v) is 4.37. The zero-order valence-electron chi connectivity index (χ0n) is 11.5. The third kappa shape index (κ3) is 5.16. The Hall–Kier alpha value is -0.230. The zero-order valence-corrected chi connectivity index (χ0v) is 14.5. The predicted molar refractivity (Wildman–Crippen MR) is 91.3 cm³/mol. The molecule has 2 N–H and O–H groups in total. The van der Waals surface area contributed by atoms with Crippen LogP contribution >= 0.6 is 47.2 Å². The third-order valence-electron chi connectivity index (χ3n) is 3.33. The van der Waals surface area contributed by atoms with Crippen molar-refractivity contribution in [3.05, 3.63) is 27.2 Å². The summed E-state index contributed by atoms with van der Waals surface area (Å²) in [5.74, 6) is -0.109. The number of rotatable bonds is 4. The summed E-state index contributed by atoms with van der Waals surface area (Å²) in [5, 5.41) is 7.08. The van der Waals surface area contributed by atoms with Crippen LogP contribution in [-0.2, 0) is 4.79 Å². The maximum absolute atomic E-state index is 12.0. The molecular formula is C13H17Cl4N3O. The summed E-state index contributed by atoms with van der Waals surface area (Å²) < 4.78 is 0. The van der Waals surface area contributed by atoms with Crippen LogP contribution in [0.2, 0.25) is 15.1 Å². The van der Waals surface area contributed by atoms with Crippen LogP contribution in [0.25, 0.3) is 0 Å². The van der Waals surface area contributed by atoms with Gasteiger partial charge >= 0.3 is 0 Å². The lowest BCUT2D eigenvalue weighted by molar-refractivity contribution is -0.117. The number of likely N-dealkylation sites (N-methyl/N-ethyl adjacent to an activating group) is 1. The highest BCUT2D eigenvalue weighted by Gasteiger charge is 2.22. The average Bonchev–Trinajstić information content (AvgIpc) is 2.83. The second-order valence-corrected chi connectivity index (χ2v) is 6.03. The van der Waals surface area contributed by atoms with E-state index in [9.17, 15) is 4.79 Å². The van der Waals surface area contributed by atoms with E-state index in [1.54, 1.807) is 6.07 Å². The lowest BCUT2D eigenvalue weighted by Crippen LogP contribution is -2.34. The molecule has 1 atom stereocenters. The lowest BCUT2D eigenvalue weighted by atomic mass is 10.3. The van der Waals surface area contributed by atoms with Crippen molar-refractivity contribution < 1.29 is 4.79 Å². The number of nitrogens with one attached hydrogen (secondary N) is 2. The first kappa shape index (κ1) is 18.8. The molecule has 4 nitrogen and oxygen atoms in total. The molecule has 1 amide bonds. The summed E-state index contributed by atoms with van der Waals surface area (Å²) in [6.07, 6.45) is 1.05. The van der Waals surface area contributed by atoms with Crippen molar-refractivity contribution >= 4 is 58.8 Å². The largest absolute Gasteiger partial charge is 0.324 e. The summed E-state index contributed by atoms with van der Waals surface area (Å²) in [7, 11) is 1.93. The summed E-state index contributed by atoms with van der Waals surface area (Å²) in [4.78, 5) is 14.1. The molecule has 1 heterocycles. The van der Waals surface area contributed by atoms with Gasteiger partial charge in [0.05, 0.1) is 27.3 Å². The fourth-order valence-corrected chi connectivity index (χ4v) is 2.82. The minimum atomic E-state index is -0.109. The van der Waals surface area contributed by atoms with Gasteiger partial charge in [-0.15, -0.1) is 12.4 Å². The van der Waals surface area contributed by atoms with Crippen LogP contribution in [0.5, 0.6) is 0 Å². The quantitative estimate of drug-likeness (QED) is 0.797. The number of nitrogens with zero attached hydrogens (tertiary/aromatic N) is 1. The number of carbonyl (C=O) groups excluding carboxylic acids is 1. The van der Waals surface area contributed by atoms with Gasteiger partial charge in [0.15, 0.2) is 0 Å². The van der Waals surface area contributed by atoms with E-state index in [2.05, 4.69) is 15.5 Å². The molecule has 1 unspecified atom stereocenters. The molecule has 2 rings (SSSR count). The number of hydrogen-bond acceptors (Lipinski definition) is 3. The Labute approximate surface area is 145 Å². The zero-order chi connectivity index (χ0) is 14.7. The maximum atomic E-state index is 12.0. The van der Waals surface area contributed by atoms with Crippen molar-refractivity contribution in [3.63, 3.8) is 0 Å². The van der Waals surface area contributed by atoms with Crippen LogP contribution in [0, 0.1) is 0 Å². The molecular weight excluding hydrogens is 356 g/mol. The fourth-order valence-electron chi connectivity index (χ4n) is 2.22. The highest BCUT2D eigenvalue weighted by molar-refractivity contribution is 6.44. The molecule has 21 heavy (non-hydrogen) atoms. The molecule has 0 spiro atoms. The first-order chi connectivity index (χ1) is 9.49. The Kier molecular flexibility index (Phi) is 7.54. The molecule has 0 saturated carbocycles. The predicted octanol–water partition coefficient (Wildman–Crippen LogP) is 3.30. The maximum Gasteiger partial charge on any atom is 0.238 e. The van der Waals surface area contributed by atoms with Crippen molar-refractivity contribution in [1.29, 1.82) is 0 Å². The normalized spacial score (nSPS) is 18.4. The molecule has 1 aromatic carbocycles. The molecule has 118 valence electrons. The standard InChI is InChI=1S/C13H16Cl3N3O.ClH/c1-17-8-2-3-19(6-8)7-13(20)18-12-5-10(15)9(14)4-11(12)16;/h4-5,8,17H,2-3,6-7H2,1H3,(H,18,20);1H. The van der Waals surface area contributed by atoms with Crippen molar-refractivity contribution in [2.24, 2.45) is 0 Å². The van der Waals surface area contributed by atoms with E-state index < -0.39 is 0 Å². The Bertz CT molecular complexity index is 512. The summed E-state index contributed by atoms with van der Waals surface area (Å²) >= 11 is 17.8. The van der Waals surface area contributed by atoms with E-state index >= 15 is 0 Å². The molecule has 0 bridgehead atoms. The van der Waals surface area contributed by atoms with Gasteiger partial charge in [0.2, 0.25) is 5.91 Å². The van der Waals surface area contributed by atoms with Gasteiger partial charge in [-0.25, -0.2) is 0 Å². The highest BCUT2D eigenvalue weighted by Crippen LogP contribution is 2.32. The van der Waals surface area contributed by atoms with E-state index in [-0.39, 0.29) is 18.3 Å².